The van der Waals surface area contributed by atoms with E-state index in [1.54, 1.807) is 0 Å². The van der Waals surface area contributed by atoms with Crippen LogP contribution in [0.1, 0.15) is 12.0 Å². The third-order valence-corrected chi connectivity index (χ3v) is 3.34. The molecule has 2 aliphatic heterocycles. The van der Waals surface area contributed by atoms with E-state index in [-0.39, 0.29) is 12.1 Å². The second-order valence-corrected chi connectivity index (χ2v) is 4.52. The van der Waals surface area contributed by atoms with Crippen LogP contribution in [-0.4, -0.2) is 25.2 Å². The van der Waals surface area contributed by atoms with Gasteiger partial charge in [-0.15, -0.1) is 0 Å². The second kappa shape index (κ2) is 4.24. The molecule has 0 bridgehead atoms. The number of ether oxygens (including phenoxy) is 1. The lowest BCUT2D eigenvalue weighted by atomic mass is 10.1. The summed E-state index contributed by atoms with van der Waals surface area (Å²) in [7, 11) is 0. The van der Waals surface area contributed by atoms with Crippen LogP contribution >= 0.6 is 0 Å². The van der Waals surface area contributed by atoms with Crippen LogP contribution in [-0.2, 0) is 16.0 Å². The van der Waals surface area contributed by atoms with E-state index in [0.29, 0.717) is 0 Å². The van der Waals surface area contributed by atoms with Gasteiger partial charge in [0.15, 0.2) is 0 Å². The summed E-state index contributed by atoms with van der Waals surface area (Å²) in [5.41, 5.74) is 2.68. The highest BCUT2D eigenvalue weighted by Crippen LogP contribution is 2.28. The van der Waals surface area contributed by atoms with Crippen LogP contribution in [0.15, 0.2) is 36.4 Å². The first-order valence-corrected chi connectivity index (χ1v) is 6.03. The van der Waals surface area contributed by atoms with Gasteiger partial charge in [-0.25, -0.2) is 4.79 Å². The molecule has 1 atom stereocenters. The first-order valence-electron chi connectivity index (χ1n) is 6.03. The van der Waals surface area contributed by atoms with Gasteiger partial charge < -0.3 is 9.64 Å². The van der Waals surface area contributed by atoms with Gasteiger partial charge in [0, 0.05) is 24.7 Å². The highest BCUT2D eigenvalue weighted by atomic mass is 16.5. The molecule has 0 aromatic heterocycles. The van der Waals surface area contributed by atoms with E-state index < -0.39 is 0 Å². The zero-order valence-corrected chi connectivity index (χ0v) is 9.63. The number of fused-ring (bicyclic) bond motifs is 1. The molecule has 0 aliphatic carbocycles. The number of hydrogen-bond donors (Lipinski definition) is 0. The standard InChI is InChI=1S/C14H15NO2/c16-14-7-3-5-12(17-14)10-15-9-8-11-4-1-2-6-13(11)15/h1-4,6-7,12H,5,8-10H2/t12-/m1/s1. The minimum Gasteiger partial charge on any atom is -0.457 e. The Bertz CT molecular complexity index is 467. The molecule has 0 saturated heterocycles. The van der Waals surface area contributed by atoms with Crippen molar-refractivity contribution in [2.45, 2.75) is 18.9 Å². The van der Waals surface area contributed by atoms with Gasteiger partial charge in [0.05, 0.1) is 6.54 Å². The molecular formula is C14H15NO2. The van der Waals surface area contributed by atoms with Gasteiger partial charge in [0.25, 0.3) is 0 Å². The fourth-order valence-electron chi connectivity index (χ4n) is 2.52. The Kier molecular flexibility index (Phi) is 2.59. The lowest BCUT2D eigenvalue weighted by Gasteiger charge is -2.26. The van der Waals surface area contributed by atoms with E-state index >= 15 is 0 Å². The van der Waals surface area contributed by atoms with E-state index in [1.807, 2.05) is 6.08 Å². The second-order valence-electron chi connectivity index (χ2n) is 4.52. The lowest BCUT2D eigenvalue weighted by Crippen LogP contribution is -2.35. The summed E-state index contributed by atoms with van der Waals surface area (Å²) in [5.74, 6) is -0.214. The first-order chi connectivity index (χ1) is 8.33. The summed E-state index contributed by atoms with van der Waals surface area (Å²) in [6, 6.07) is 8.45. The van der Waals surface area contributed by atoms with Gasteiger partial charge in [0.2, 0.25) is 0 Å². The number of carbonyl (C=O) groups excluding carboxylic acids is 1. The molecule has 0 N–H and O–H groups in total. The minimum atomic E-state index is -0.214. The van der Waals surface area contributed by atoms with Crippen molar-refractivity contribution >= 4 is 11.7 Å². The Morgan fingerprint density at radius 1 is 1.35 bits per heavy atom. The van der Waals surface area contributed by atoms with Crippen molar-refractivity contribution < 1.29 is 9.53 Å². The average molecular weight is 229 g/mol. The summed E-state index contributed by atoms with van der Waals surface area (Å²) in [5, 5.41) is 0. The minimum absolute atomic E-state index is 0.00124. The third kappa shape index (κ3) is 2.05. The van der Waals surface area contributed by atoms with Gasteiger partial charge in [-0.3, -0.25) is 0 Å². The molecule has 2 aliphatic rings. The van der Waals surface area contributed by atoms with Crippen LogP contribution in [0.2, 0.25) is 0 Å². The van der Waals surface area contributed by atoms with E-state index in [2.05, 4.69) is 29.2 Å². The molecule has 0 fully saturated rings. The summed E-state index contributed by atoms with van der Waals surface area (Å²) in [6.45, 7) is 1.82. The number of carbonyl (C=O) groups is 1. The third-order valence-electron chi connectivity index (χ3n) is 3.34. The summed E-state index contributed by atoms with van der Waals surface area (Å²) in [6.07, 6.45) is 5.32. The number of cyclic esters (lactones) is 1. The monoisotopic (exact) mass is 229 g/mol. The molecule has 0 unspecified atom stereocenters. The Balaban J connectivity index is 1.71. The zero-order valence-electron chi connectivity index (χ0n) is 9.63. The van der Waals surface area contributed by atoms with Crippen LogP contribution in [0.3, 0.4) is 0 Å². The number of rotatable bonds is 2. The number of esters is 1. The molecule has 0 amide bonds. The van der Waals surface area contributed by atoms with Crippen LogP contribution < -0.4 is 4.90 Å². The highest BCUT2D eigenvalue weighted by Gasteiger charge is 2.24. The van der Waals surface area contributed by atoms with Gasteiger partial charge in [-0.05, 0) is 18.1 Å². The molecule has 3 heteroatoms. The van der Waals surface area contributed by atoms with Gasteiger partial charge in [0.1, 0.15) is 6.10 Å². The molecule has 1 aromatic rings. The van der Waals surface area contributed by atoms with Crippen molar-refractivity contribution in [1.29, 1.82) is 0 Å². The van der Waals surface area contributed by atoms with E-state index in [0.717, 1.165) is 25.9 Å². The molecular weight excluding hydrogens is 214 g/mol. The maximum Gasteiger partial charge on any atom is 0.330 e. The lowest BCUT2D eigenvalue weighted by molar-refractivity contribution is -0.143. The van der Waals surface area contributed by atoms with Crippen LogP contribution in [0, 0.1) is 0 Å². The number of anilines is 1. The highest BCUT2D eigenvalue weighted by molar-refractivity contribution is 5.82. The van der Waals surface area contributed by atoms with Crippen molar-refractivity contribution in [3.8, 4) is 0 Å². The van der Waals surface area contributed by atoms with Crippen molar-refractivity contribution in [3.05, 3.63) is 42.0 Å². The Labute approximate surface area is 101 Å². The van der Waals surface area contributed by atoms with E-state index in [4.69, 9.17) is 4.74 Å². The zero-order chi connectivity index (χ0) is 11.7. The number of para-hydroxylation sites is 1. The van der Waals surface area contributed by atoms with Gasteiger partial charge in [-0.1, -0.05) is 24.3 Å². The molecule has 88 valence electrons. The molecule has 3 rings (SSSR count). The number of hydrogen-bond acceptors (Lipinski definition) is 3. The predicted molar refractivity (Wildman–Crippen MR) is 66.0 cm³/mol. The van der Waals surface area contributed by atoms with Crippen molar-refractivity contribution in [2.24, 2.45) is 0 Å². The van der Waals surface area contributed by atoms with E-state index in [1.165, 1.54) is 17.3 Å². The molecule has 17 heavy (non-hydrogen) atoms. The van der Waals surface area contributed by atoms with Crippen molar-refractivity contribution in [1.82, 2.24) is 0 Å². The fraction of sp³-hybridized carbons (Fsp3) is 0.357. The molecule has 1 aromatic carbocycles. The van der Waals surface area contributed by atoms with Crippen LogP contribution in [0.4, 0.5) is 5.69 Å². The van der Waals surface area contributed by atoms with Gasteiger partial charge in [-0.2, -0.15) is 0 Å². The summed E-state index contributed by atoms with van der Waals surface area (Å²) < 4.78 is 5.30. The van der Waals surface area contributed by atoms with Crippen LogP contribution in [0.25, 0.3) is 0 Å². The molecule has 0 spiro atoms. The normalized spacial score (nSPS) is 22.5. The van der Waals surface area contributed by atoms with Crippen LogP contribution in [0.5, 0.6) is 0 Å². The topological polar surface area (TPSA) is 29.5 Å². The smallest absolute Gasteiger partial charge is 0.330 e. The SMILES string of the molecule is O=C1C=CC[C@H](CN2CCc3ccccc32)O1. The average Bonchev–Trinajstić information content (AvgIpc) is 2.73. The quantitative estimate of drug-likeness (QED) is 0.726. The molecule has 3 nitrogen and oxygen atoms in total. The number of nitrogens with zero attached hydrogens (tertiary/aromatic N) is 1. The Morgan fingerprint density at radius 3 is 3.12 bits per heavy atom. The Hall–Kier alpha value is -1.77. The summed E-state index contributed by atoms with van der Waals surface area (Å²) >= 11 is 0. The van der Waals surface area contributed by atoms with Crippen molar-refractivity contribution in [2.75, 3.05) is 18.0 Å². The van der Waals surface area contributed by atoms with Gasteiger partial charge >= 0.3 is 5.97 Å². The molecule has 0 radical (unpaired) electrons. The predicted octanol–water partition coefficient (Wildman–Crippen LogP) is 1.92. The maximum absolute atomic E-state index is 11.2. The van der Waals surface area contributed by atoms with Crippen molar-refractivity contribution in [3.63, 3.8) is 0 Å². The first kappa shape index (κ1) is 10.4. The summed E-state index contributed by atoms with van der Waals surface area (Å²) in [4.78, 5) is 13.5. The largest absolute Gasteiger partial charge is 0.457 e. The number of benzene rings is 1. The Morgan fingerprint density at radius 2 is 2.24 bits per heavy atom. The molecule has 2 heterocycles. The molecule has 0 saturated carbocycles. The maximum atomic E-state index is 11.2. The van der Waals surface area contributed by atoms with E-state index in [9.17, 15) is 4.79 Å². The fourth-order valence-corrected chi connectivity index (χ4v) is 2.52.